The Morgan fingerprint density at radius 2 is 2.16 bits per heavy atom. The quantitative estimate of drug-likeness (QED) is 0.584. The van der Waals surface area contributed by atoms with Crippen molar-refractivity contribution in [1.82, 2.24) is 10.3 Å². The van der Waals surface area contributed by atoms with Crippen LogP contribution >= 0.6 is 11.8 Å². The number of hydrogen-bond donors (Lipinski definition) is 1. The van der Waals surface area contributed by atoms with Gasteiger partial charge in [-0.05, 0) is 46.6 Å². The van der Waals surface area contributed by atoms with E-state index in [1.165, 1.54) is 0 Å². The molecule has 0 aliphatic heterocycles. The molecule has 1 heterocycles. The average molecular weight is 281 g/mol. The number of aromatic nitrogens is 1. The highest BCUT2D eigenvalue weighted by atomic mass is 32.2. The van der Waals surface area contributed by atoms with Crippen LogP contribution in [0.2, 0.25) is 0 Å². The van der Waals surface area contributed by atoms with Gasteiger partial charge in [0.1, 0.15) is 11.3 Å². The number of nitrogens with one attached hydrogen (secondary N) is 1. The van der Waals surface area contributed by atoms with Crippen LogP contribution in [0.1, 0.15) is 44.6 Å². The third kappa shape index (κ3) is 5.25. The molecule has 0 radical (unpaired) electrons. The lowest BCUT2D eigenvalue weighted by Gasteiger charge is -2.22. The number of rotatable bonds is 8. The minimum Gasteiger partial charge on any atom is -0.437 e. The number of aryl methyl sites for hydroxylation is 2. The Labute approximate surface area is 120 Å². The van der Waals surface area contributed by atoms with Crippen LogP contribution in [0.3, 0.4) is 0 Å². The summed E-state index contributed by atoms with van der Waals surface area (Å²) in [5.74, 6) is 1.87. The lowest BCUT2D eigenvalue weighted by Crippen LogP contribution is -2.40. The molecule has 0 saturated carbocycles. The first-order chi connectivity index (χ1) is 9.00. The minimum atomic E-state index is -0.393. The van der Waals surface area contributed by atoms with E-state index in [1.54, 1.807) is 11.8 Å². The van der Waals surface area contributed by atoms with Crippen LogP contribution in [0.4, 0.5) is 0 Å². The number of unbranched alkanes of at least 4 members (excludes halogenated alkanes) is 1. The van der Waals surface area contributed by atoms with Gasteiger partial charge in [-0.2, -0.15) is 5.26 Å². The SMILES string of the molecule is CCNC(C)(C#N)CCCCSc1nc(C)c(C)o1. The van der Waals surface area contributed by atoms with E-state index >= 15 is 0 Å². The summed E-state index contributed by atoms with van der Waals surface area (Å²) in [5.41, 5.74) is 0.571. The van der Waals surface area contributed by atoms with Crippen molar-refractivity contribution < 1.29 is 4.42 Å². The zero-order valence-electron chi connectivity index (χ0n) is 12.2. The van der Waals surface area contributed by atoms with Crippen molar-refractivity contribution in [1.29, 1.82) is 5.26 Å². The van der Waals surface area contributed by atoms with Gasteiger partial charge in [0.15, 0.2) is 0 Å². The Hall–Kier alpha value is -0.990. The fourth-order valence-electron chi connectivity index (χ4n) is 1.82. The summed E-state index contributed by atoms with van der Waals surface area (Å²) in [4.78, 5) is 4.33. The summed E-state index contributed by atoms with van der Waals surface area (Å²) in [6.45, 7) is 8.70. The van der Waals surface area contributed by atoms with Gasteiger partial charge in [-0.15, -0.1) is 0 Å². The van der Waals surface area contributed by atoms with E-state index in [0.717, 1.165) is 48.2 Å². The molecule has 0 fully saturated rings. The number of nitriles is 1. The summed E-state index contributed by atoms with van der Waals surface area (Å²) < 4.78 is 5.51. The maximum atomic E-state index is 9.14. The van der Waals surface area contributed by atoms with Gasteiger partial charge in [-0.3, -0.25) is 5.32 Å². The number of nitrogens with zero attached hydrogens (tertiary/aromatic N) is 2. The molecule has 0 aliphatic rings. The molecule has 1 aromatic heterocycles. The van der Waals surface area contributed by atoms with E-state index < -0.39 is 5.54 Å². The summed E-state index contributed by atoms with van der Waals surface area (Å²) in [6.07, 6.45) is 2.97. The van der Waals surface area contributed by atoms with Crippen LogP contribution in [-0.4, -0.2) is 22.8 Å². The Morgan fingerprint density at radius 1 is 1.42 bits per heavy atom. The van der Waals surface area contributed by atoms with Gasteiger partial charge in [0.25, 0.3) is 5.22 Å². The zero-order valence-corrected chi connectivity index (χ0v) is 13.1. The molecule has 106 valence electrons. The van der Waals surface area contributed by atoms with Crippen molar-refractivity contribution >= 4 is 11.8 Å². The van der Waals surface area contributed by atoms with E-state index in [9.17, 15) is 0 Å². The lowest BCUT2D eigenvalue weighted by atomic mass is 9.97. The van der Waals surface area contributed by atoms with E-state index in [2.05, 4.69) is 16.4 Å². The van der Waals surface area contributed by atoms with Gasteiger partial charge in [0, 0.05) is 5.75 Å². The molecule has 0 amide bonds. The standard InChI is InChI=1S/C14H23N3OS/c1-5-16-14(4,10-15)8-6-7-9-19-13-17-11(2)12(3)18-13/h16H,5-9H2,1-4H3. The van der Waals surface area contributed by atoms with Crippen LogP contribution in [-0.2, 0) is 0 Å². The number of hydrogen-bond acceptors (Lipinski definition) is 5. The molecule has 1 rings (SSSR count). The second-order valence-electron chi connectivity index (χ2n) is 4.90. The predicted octanol–water partition coefficient (Wildman–Crippen LogP) is 3.45. The van der Waals surface area contributed by atoms with Gasteiger partial charge < -0.3 is 4.42 Å². The van der Waals surface area contributed by atoms with Crippen LogP contribution in [0.5, 0.6) is 0 Å². The number of oxazole rings is 1. The topological polar surface area (TPSA) is 61.9 Å². The molecule has 4 nitrogen and oxygen atoms in total. The second-order valence-corrected chi connectivity index (χ2v) is 5.95. The van der Waals surface area contributed by atoms with Crippen LogP contribution in [0.25, 0.3) is 0 Å². The molecule has 0 spiro atoms. The highest BCUT2D eigenvalue weighted by Crippen LogP contribution is 2.22. The van der Waals surface area contributed by atoms with Crippen molar-refractivity contribution in [3.8, 4) is 6.07 Å². The van der Waals surface area contributed by atoms with Gasteiger partial charge in [-0.1, -0.05) is 18.7 Å². The molecule has 1 N–H and O–H groups in total. The third-order valence-corrected chi connectivity index (χ3v) is 4.03. The first kappa shape index (κ1) is 16.1. The van der Waals surface area contributed by atoms with Gasteiger partial charge in [0.05, 0.1) is 11.8 Å². The van der Waals surface area contributed by atoms with Crippen LogP contribution in [0, 0.1) is 25.2 Å². The highest BCUT2D eigenvalue weighted by molar-refractivity contribution is 7.99. The van der Waals surface area contributed by atoms with Crippen molar-refractivity contribution in [2.24, 2.45) is 0 Å². The first-order valence-corrected chi connectivity index (χ1v) is 7.72. The first-order valence-electron chi connectivity index (χ1n) is 6.74. The Morgan fingerprint density at radius 3 is 2.68 bits per heavy atom. The molecule has 1 aromatic rings. The van der Waals surface area contributed by atoms with Crippen molar-refractivity contribution in [3.05, 3.63) is 11.5 Å². The summed E-state index contributed by atoms with van der Waals surface area (Å²) >= 11 is 1.65. The van der Waals surface area contributed by atoms with E-state index in [-0.39, 0.29) is 0 Å². The smallest absolute Gasteiger partial charge is 0.256 e. The summed E-state index contributed by atoms with van der Waals surface area (Å²) in [7, 11) is 0. The maximum Gasteiger partial charge on any atom is 0.256 e. The fraction of sp³-hybridized carbons (Fsp3) is 0.714. The van der Waals surface area contributed by atoms with Crippen LogP contribution < -0.4 is 5.32 Å². The monoisotopic (exact) mass is 281 g/mol. The Kier molecular flexibility index (Phi) is 6.40. The third-order valence-electron chi connectivity index (χ3n) is 3.12. The molecular formula is C14H23N3OS. The van der Waals surface area contributed by atoms with E-state index in [0.29, 0.717) is 0 Å². The van der Waals surface area contributed by atoms with E-state index in [4.69, 9.17) is 9.68 Å². The van der Waals surface area contributed by atoms with Crippen molar-refractivity contribution in [3.63, 3.8) is 0 Å². The lowest BCUT2D eigenvalue weighted by molar-refractivity contribution is 0.415. The van der Waals surface area contributed by atoms with Crippen LogP contribution in [0.15, 0.2) is 9.64 Å². The van der Waals surface area contributed by atoms with Crippen molar-refractivity contribution in [2.75, 3.05) is 12.3 Å². The largest absolute Gasteiger partial charge is 0.437 e. The minimum absolute atomic E-state index is 0.393. The molecule has 1 atom stereocenters. The Bertz CT molecular complexity index is 419. The Balaban J connectivity index is 2.23. The molecular weight excluding hydrogens is 258 g/mol. The molecule has 0 aliphatic carbocycles. The van der Waals surface area contributed by atoms with Gasteiger partial charge in [-0.25, -0.2) is 4.98 Å². The molecule has 0 bridgehead atoms. The number of thioether (sulfide) groups is 1. The normalized spacial score (nSPS) is 14.1. The molecule has 0 aromatic carbocycles. The maximum absolute atomic E-state index is 9.14. The molecule has 1 unspecified atom stereocenters. The van der Waals surface area contributed by atoms with Gasteiger partial charge in [0.2, 0.25) is 0 Å². The molecule has 5 heteroatoms. The highest BCUT2D eigenvalue weighted by Gasteiger charge is 2.21. The molecule has 0 saturated heterocycles. The average Bonchev–Trinajstić information content (AvgIpc) is 2.68. The van der Waals surface area contributed by atoms with Gasteiger partial charge >= 0.3 is 0 Å². The summed E-state index contributed by atoms with van der Waals surface area (Å²) in [6, 6.07) is 2.35. The summed E-state index contributed by atoms with van der Waals surface area (Å²) in [5, 5.41) is 13.1. The predicted molar refractivity (Wildman–Crippen MR) is 78.2 cm³/mol. The van der Waals surface area contributed by atoms with Crippen molar-refractivity contribution in [2.45, 2.75) is 57.7 Å². The fourth-order valence-corrected chi connectivity index (χ4v) is 2.73. The molecule has 19 heavy (non-hydrogen) atoms. The second kappa shape index (κ2) is 7.56. The van der Waals surface area contributed by atoms with E-state index in [1.807, 2.05) is 27.7 Å². The zero-order chi connectivity index (χ0) is 14.3.